The number of anilines is 1. The zero-order valence-corrected chi connectivity index (χ0v) is 15.2. The number of nitrogens with one attached hydrogen (secondary N) is 2. The van der Waals surface area contributed by atoms with Crippen LogP contribution < -0.4 is 15.5 Å². The van der Waals surface area contributed by atoms with Gasteiger partial charge in [0.2, 0.25) is 0 Å². The summed E-state index contributed by atoms with van der Waals surface area (Å²) in [7, 11) is 0. The summed E-state index contributed by atoms with van der Waals surface area (Å²) in [5.41, 5.74) is 1.15. The van der Waals surface area contributed by atoms with E-state index in [1.807, 2.05) is 6.07 Å². The molecule has 0 aliphatic carbocycles. The van der Waals surface area contributed by atoms with E-state index in [0.29, 0.717) is 6.04 Å². The number of piperidine rings is 1. The lowest BCUT2D eigenvalue weighted by Gasteiger charge is -2.37. The van der Waals surface area contributed by atoms with E-state index in [-0.39, 0.29) is 11.2 Å². The molecule has 0 atom stereocenters. The molecule has 6 heteroatoms. The van der Waals surface area contributed by atoms with Crippen LogP contribution in [0.25, 0.3) is 0 Å². The minimum Gasteiger partial charge on any atom is -0.380 e. The van der Waals surface area contributed by atoms with Gasteiger partial charge in [0.1, 0.15) is 5.82 Å². The van der Waals surface area contributed by atoms with Gasteiger partial charge in [-0.05, 0) is 38.0 Å². The monoisotopic (exact) mass is 348 g/mol. The summed E-state index contributed by atoms with van der Waals surface area (Å²) >= 11 is 0. The Morgan fingerprint density at radius 2 is 2.12 bits per heavy atom. The third-order valence-corrected chi connectivity index (χ3v) is 4.87. The molecule has 0 unspecified atom stereocenters. The number of hydrogen-bond donors (Lipinski definition) is 2. The van der Waals surface area contributed by atoms with Crippen LogP contribution in [-0.2, 0) is 4.74 Å². The molecule has 0 amide bonds. The molecule has 1 aromatic rings. The molecule has 2 heterocycles. The van der Waals surface area contributed by atoms with Crippen LogP contribution in [-0.4, -0.2) is 51.4 Å². The Hall–Kier alpha value is -1.82. The van der Waals surface area contributed by atoms with Crippen molar-refractivity contribution in [1.82, 2.24) is 10.6 Å². The standard InChI is InChI=1S/C19H29FN4O/c1-3-21-18(22-12-19(2)13-25-14-19)23-16-7-9-24(10-8-16)17-6-4-5-15(20)11-17/h4-6,11,16H,3,7-10,12-14H2,1-2H3,(H2,21,22,23). The van der Waals surface area contributed by atoms with E-state index in [1.54, 1.807) is 12.1 Å². The van der Waals surface area contributed by atoms with Crippen molar-refractivity contribution >= 4 is 11.6 Å². The van der Waals surface area contributed by atoms with Crippen LogP contribution in [0.2, 0.25) is 0 Å². The van der Waals surface area contributed by atoms with Crippen LogP contribution in [0.15, 0.2) is 29.3 Å². The molecule has 0 bridgehead atoms. The van der Waals surface area contributed by atoms with Gasteiger partial charge in [-0.3, -0.25) is 4.99 Å². The molecular formula is C19H29FN4O. The van der Waals surface area contributed by atoms with Gasteiger partial charge in [-0.25, -0.2) is 4.39 Å². The molecule has 1 aromatic carbocycles. The largest absolute Gasteiger partial charge is 0.380 e. The maximum atomic E-state index is 13.4. The van der Waals surface area contributed by atoms with Gasteiger partial charge in [0.05, 0.1) is 19.8 Å². The number of benzene rings is 1. The molecule has 25 heavy (non-hydrogen) atoms. The third-order valence-electron chi connectivity index (χ3n) is 4.87. The molecular weight excluding hydrogens is 319 g/mol. The number of halogens is 1. The molecule has 2 aliphatic heterocycles. The van der Waals surface area contributed by atoms with Crippen molar-refractivity contribution in [3.8, 4) is 0 Å². The van der Waals surface area contributed by atoms with E-state index in [0.717, 1.165) is 63.9 Å². The highest BCUT2D eigenvalue weighted by Gasteiger charge is 2.33. The lowest BCUT2D eigenvalue weighted by molar-refractivity contribution is -0.0945. The molecule has 0 saturated carbocycles. The van der Waals surface area contributed by atoms with E-state index in [1.165, 1.54) is 6.07 Å². The van der Waals surface area contributed by atoms with Crippen LogP contribution in [0.1, 0.15) is 26.7 Å². The Balaban J connectivity index is 1.51. The zero-order valence-electron chi connectivity index (χ0n) is 15.2. The summed E-state index contributed by atoms with van der Waals surface area (Å²) in [4.78, 5) is 6.99. The first-order chi connectivity index (χ1) is 12.1. The number of ether oxygens (including phenoxy) is 1. The van der Waals surface area contributed by atoms with Gasteiger partial charge >= 0.3 is 0 Å². The summed E-state index contributed by atoms with van der Waals surface area (Å²) in [6, 6.07) is 7.25. The van der Waals surface area contributed by atoms with Gasteiger partial charge in [-0.1, -0.05) is 13.0 Å². The smallest absolute Gasteiger partial charge is 0.191 e. The Morgan fingerprint density at radius 1 is 1.36 bits per heavy atom. The molecule has 0 radical (unpaired) electrons. The van der Waals surface area contributed by atoms with E-state index in [4.69, 9.17) is 9.73 Å². The van der Waals surface area contributed by atoms with Gasteiger partial charge in [0, 0.05) is 36.8 Å². The second-order valence-corrected chi connectivity index (χ2v) is 7.38. The van der Waals surface area contributed by atoms with Gasteiger partial charge in [0.15, 0.2) is 5.96 Å². The van der Waals surface area contributed by atoms with Crippen molar-refractivity contribution < 1.29 is 9.13 Å². The van der Waals surface area contributed by atoms with Gasteiger partial charge in [0.25, 0.3) is 0 Å². The molecule has 0 spiro atoms. The predicted molar refractivity (Wildman–Crippen MR) is 99.7 cm³/mol. The van der Waals surface area contributed by atoms with Crippen LogP contribution in [0.5, 0.6) is 0 Å². The molecule has 0 aromatic heterocycles. The average molecular weight is 348 g/mol. The first-order valence-corrected chi connectivity index (χ1v) is 9.21. The van der Waals surface area contributed by atoms with E-state index < -0.39 is 0 Å². The number of aliphatic imine (C=N–C) groups is 1. The van der Waals surface area contributed by atoms with Gasteiger partial charge in [-0.2, -0.15) is 0 Å². The Labute approximate surface area is 149 Å². The first kappa shape index (κ1) is 18.0. The maximum Gasteiger partial charge on any atom is 0.191 e. The van der Waals surface area contributed by atoms with Crippen LogP contribution in [0.3, 0.4) is 0 Å². The van der Waals surface area contributed by atoms with Crippen molar-refractivity contribution in [3.05, 3.63) is 30.1 Å². The zero-order chi connectivity index (χ0) is 17.7. The lowest BCUT2D eigenvalue weighted by atomic mass is 9.89. The topological polar surface area (TPSA) is 48.9 Å². The van der Waals surface area contributed by atoms with Crippen molar-refractivity contribution in [2.45, 2.75) is 32.7 Å². The Bertz CT molecular complexity index is 595. The van der Waals surface area contributed by atoms with Gasteiger partial charge < -0.3 is 20.3 Å². The highest BCUT2D eigenvalue weighted by Crippen LogP contribution is 2.26. The molecule has 3 rings (SSSR count). The average Bonchev–Trinajstić information content (AvgIpc) is 2.59. The van der Waals surface area contributed by atoms with Crippen LogP contribution >= 0.6 is 0 Å². The summed E-state index contributed by atoms with van der Waals surface area (Å²) in [5.74, 6) is 0.715. The Kier molecular flexibility index (Phi) is 5.78. The SMILES string of the molecule is CCNC(=NCC1(C)COC1)NC1CCN(c2cccc(F)c2)CC1. The fraction of sp³-hybridized carbons (Fsp3) is 0.632. The molecule has 2 aliphatic rings. The van der Waals surface area contributed by atoms with E-state index >= 15 is 0 Å². The number of guanidine groups is 1. The minimum atomic E-state index is -0.173. The van der Waals surface area contributed by atoms with E-state index in [2.05, 4.69) is 29.4 Å². The normalized spacial score (nSPS) is 20.9. The fourth-order valence-electron chi connectivity index (χ4n) is 3.28. The molecule has 2 fully saturated rings. The summed E-state index contributed by atoms with van der Waals surface area (Å²) in [5, 5.41) is 6.89. The first-order valence-electron chi connectivity index (χ1n) is 9.21. The Morgan fingerprint density at radius 3 is 2.72 bits per heavy atom. The van der Waals surface area contributed by atoms with Gasteiger partial charge in [-0.15, -0.1) is 0 Å². The molecule has 5 nitrogen and oxygen atoms in total. The highest BCUT2D eigenvalue weighted by molar-refractivity contribution is 5.80. The third kappa shape index (κ3) is 4.84. The number of hydrogen-bond acceptors (Lipinski definition) is 3. The van der Waals surface area contributed by atoms with Crippen molar-refractivity contribution in [1.29, 1.82) is 0 Å². The number of rotatable bonds is 5. The molecule has 2 saturated heterocycles. The number of nitrogens with zero attached hydrogens (tertiary/aromatic N) is 2. The summed E-state index contributed by atoms with van der Waals surface area (Å²) < 4.78 is 18.7. The van der Waals surface area contributed by atoms with E-state index in [9.17, 15) is 4.39 Å². The van der Waals surface area contributed by atoms with Crippen molar-refractivity contribution in [3.63, 3.8) is 0 Å². The predicted octanol–water partition coefficient (Wildman–Crippen LogP) is 2.39. The highest BCUT2D eigenvalue weighted by atomic mass is 19.1. The maximum absolute atomic E-state index is 13.4. The molecule has 138 valence electrons. The van der Waals surface area contributed by atoms with Crippen LogP contribution in [0.4, 0.5) is 10.1 Å². The van der Waals surface area contributed by atoms with Crippen LogP contribution in [0, 0.1) is 11.2 Å². The lowest BCUT2D eigenvalue weighted by Crippen LogP contribution is -2.49. The summed E-state index contributed by atoms with van der Waals surface area (Å²) in [6.07, 6.45) is 2.03. The summed E-state index contributed by atoms with van der Waals surface area (Å²) in [6.45, 7) is 9.35. The fourth-order valence-corrected chi connectivity index (χ4v) is 3.28. The molecule has 2 N–H and O–H groups in total. The second-order valence-electron chi connectivity index (χ2n) is 7.38. The van der Waals surface area contributed by atoms with Crippen molar-refractivity contribution in [2.24, 2.45) is 10.4 Å². The quantitative estimate of drug-likeness (QED) is 0.634. The second kappa shape index (κ2) is 8.04. The van der Waals surface area contributed by atoms with Crippen molar-refractivity contribution in [2.75, 3.05) is 44.3 Å². The minimum absolute atomic E-state index is 0.173.